The number of hydrogen-bond donors (Lipinski definition) is 3. The van der Waals surface area contributed by atoms with Crippen LogP contribution in [0, 0.1) is 17.6 Å². The number of halogens is 2. The van der Waals surface area contributed by atoms with Crippen molar-refractivity contribution in [3.05, 3.63) is 117 Å². The van der Waals surface area contributed by atoms with E-state index in [4.69, 9.17) is 14.4 Å². The molecule has 0 spiro atoms. The lowest BCUT2D eigenvalue weighted by atomic mass is 9.83. The number of ether oxygens (including phenoxy) is 1. The van der Waals surface area contributed by atoms with Gasteiger partial charge in [0.05, 0.1) is 45.8 Å². The van der Waals surface area contributed by atoms with E-state index in [-0.39, 0.29) is 46.7 Å². The number of aromatic nitrogens is 7. The van der Waals surface area contributed by atoms with Gasteiger partial charge in [0.25, 0.3) is 5.91 Å². The van der Waals surface area contributed by atoms with E-state index >= 15 is 13.6 Å². The van der Waals surface area contributed by atoms with Crippen molar-refractivity contribution < 1.29 is 22.8 Å². The Morgan fingerprint density at radius 2 is 1.78 bits per heavy atom. The van der Waals surface area contributed by atoms with Gasteiger partial charge in [-0.3, -0.25) is 24.0 Å². The number of aromatic amines is 1. The van der Waals surface area contributed by atoms with Gasteiger partial charge in [0.1, 0.15) is 22.9 Å². The first kappa shape index (κ1) is 41.1. The van der Waals surface area contributed by atoms with Crippen LogP contribution in [0.1, 0.15) is 116 Å². The Labute approximate surface area is 372 Å². The molecule has 17 heteroatoms. The maximum absolute atomic E-state index is 16.0. The topological polar surface area (TPSA) is 165 Å². The zero-order valence-electron chi connectivity index (χ0n) is 37.2. The summed E-state index contributed by atoms with van der Waals surface area (Å²) in [5, 5.41) is 21.4. The third-order valence-corrected chi connectivity index (χ3v) is 14.3. The minimum absolute atomic E-state index is 0.0278. The summed E-state index contributed by atoms with van der Waals surface area (Å²) >= 11 is 0. The molecule has 2 saturated carbocycles. The molecular formula is C48H51F2N11O4. The summed E-state index contributed by atoms with van der Waals surface area (Å²) in [4.78, 5) is 37.1. The first-order valence-corrected chi connectivity index (χ1v) is 22.4. The van der Waals surface area contributed by atoms with Gasteiger partial charge < -0.3 is 24.8 Å². The van der Waals surface area contributed by atoms with Crippen LogP contribution in [0.25, 0.3) is 27.5 Å². The molecule has 2 aliphatic heterocycles. The van der Waals surface area contributed by atoms with E-state index in [1.54, 1.807) is 41.7 Å². The van der Waals surface area contributed by atoms with E-state index in [9.17, 15) is 4.79 Å². The van der Waals surface area contributed by atoms with Crippen LogP contribution < -0.4 is 16.4 Å². The highest BCUT2D eigenvalue weighted by atomic mass is 19.1. The van der Waals surface area contributed by atoms with E-state index in [1.807, 2.05) is 24.0 Å². The van der Waals surface area contributed by atoms with Crippen LogP contribution in [0.3, 0.4) is 0 Å². The fraction of sp³-hybridized carbons (Fsp3) is 0.417. The molecule has 4 aliphatic rings. The Hall–Kier alpha value is -6.62. The number of nitrogens with zero attached hydrogens (tertiary/aromatic N) is 8. The van der Waals surface area contributed by atoms with E-state index in [2.05, 4.69) is 74.4 Å². The molecular weight excluding hydrogens is 833 g/mol. The Morgan fingerprint density at radius 3 is 2.51 bits per heavy atom. The highest BCUT2D eigenvalue weighted by Gasteiger charge is 2.59. The van der Waals surface area contributed by atoms with E-state index in [1.165, 1.54) is 17.8 Å². The number of fused-ring (bicyclic) bond motifs is 3. The number of carbonyl (C=O) groups is 1. The molecule has 0 radical (unpaired) electrons. The van der Waals surface area contributed by atoms with Crippen molar-refractivity contribution in [1.82, 2.24) is 39.2 Å². The van der Waals surface area contributed by atoms with Crippen molar-refractivity contribution >= 4 is 45.2 Å². The Morgan fingerprint density at radius 1 is 0.985 bits per heavy atom. The van der Waals surface area contributed by atoms with Crippen molar-refractivity contribution in [2.24, 2.45) is 18.0 Å². The van der Waals surface area contributed by atoms with Gasteiger partial charge in [0.2, 0.25) is 5.96 Å². The number of guanidine groups is 1. The standard InChI is InChI=1S/C48H51F2N11O4/c1-25-22-48(25,44-55-46(63)65-57-44)60-37-13-9-28(29-16-18-64-47(3,4)23-29)19-30(37)20-39(60)43(62)59-17-15-35-40(26(59)2)42(61(56-35)31-10-11-34(49)32(21-31)27-7-8-27)54-45(51-5)53-36-12-14-38-33(41(36)50)24-52-58(38)6/h9-14,19-21,24-27,29H,7-8,15-18,22-23H2,1-6H3,(H2,51,53,54)(H,55,57,63)/t25-,26-,29-,48-/m0/s1. The second-order valence-corrected chi connectivity index (χ2v) is 18.9. The van der Waals surface area contributed by atoms with Crippen LogP contribution in [0.15, 0.2) is 75.1 Å². The number of amides is 1. The fourth-order valence-electron chi connectivity index (χ4n) is 10.6. The monoisotopic (exact) mass is 883 g/mol. The average molecular weight is 884 g/mol. The average Bonchev–Trinajstić information content (AvgIpc) is 4.00. The van der Waals surface area contributed by atoms with Gasteiger partial charge >= 0.3 is 5.76 Å². The molecule has 3 fully saturated rings. The fourth-order valence-corrected chi connectivity index (χ4v) is 10.6. The van der Waals surface area contributed by atoms with Crippen LogP contribution in [-0.4, -0.2) is 76.8 Å². The minimum Gasteiger partial charge on any atom is -0.376 e. The summed E-state index contributed by atoms with van der Waals surface area (Å²) in [6, 6.07) is 16.3. The molecule has 336 valence electrons. The number of aryl methyl sites for hydroxylation is 1. The molecule has 1 saturated heterocycles. The number of hydrogen-bond acceptors (Lipinski definition) is 8. The second-order valence-electron chi connectivity index (χ2n) is 18.9. The van der Waals surface area contributed by atoms with Gasteiger partial charge in [-0.15, -0.1) is 0 Å². The minimum atomic E-state index is -0.822. The van der Waals surface area contributed by atoms with Crippen molar-refractivity contribution in [2.75, 3.05) is 30.8 Å². The first-order chi connectivity index (χ1) is 31.2. The summed E-state index contributed by atoms with van der Waals surface area (Å²) in [6.45, 7) is 9.33. The number of carbonyl (C=O) groups excluding carboxylic acids is 1. The Balaban J connectivity index is 1.01. The summed E-state index contributed by atoms with van der Waals surface area (Å²) in [5.74, 6) is -0.0375. The molecule has 11 rings (SSSR count). The van der Waals surface area contributed by atoms with Gasteiger partial charge in [0, 0.05) is 50.1 Å². The van der Waals surface area contributed by atoms with Crippen LogP contribution in [0.5, 0.6) is 0 Å². The maximum Gasteiger partial charge on any atom is 0.438 e. The number of rotatable bonds is 8. The van der Waals surface area contributed by atoms with E-state index in [0.29, 0.717) is 65.5 Å². The van der Waals surface area contributed by atoms with Crippen molar-refractivity contribution in [3.63, 3.8) is 0 Å². The Bertz CT molecular complexity index is 3150. The first-order valence-electron chi connectivity index (χ1n) is 22.4. The molecule has 6 heterocycles. The summed E-state index contributed by atoms with van der Waals surface area (Å²) in [6.07, 6.45) is 6.14. The number of H-pyrrole nitrogens is 1. The van der Waals surface area contributed by atoms with Crippen LogP contribution in [0.4, 0.5) is 20.3 Å². The zero-order chi connectivity index (χ0) is 45.1. The highest BCUT2D eigenvalue weighted by Crippen LogP contribution is 2.56. The van der Waals surface area contributed by atoms with E-state index in [0.717, 1.165) is 47.8 Å². The molecule has 1 amide bonds. The number of benzene rings is 3. The van der Waals surface area contributed by atoms with Crippen molar-refractivity contribution in [3.8, 4) is 5.69 Å². The van der Waals surface area contributed by atoms with E-state index < -0.39 is 23.2 Å². The SMILES string of the molecule is CN=C(Nc1ccc2c(cnn2C)c1F)Nc1c2c(nn1-c1ccc(F)c(C3CC3)c1)CCN(C(=O)c1cc3cc([C@H]4CCOC(C)(C)C4)ccc3n1[C@@]1(c3noc(=O)[nH]3)C[C@@H]1C)[C@H]2C. The smallest absolute Gasteiger partial charge is 0.376 e. The molecule has 0 unspecified atom stereocenters. The normalized spacial score (nSPS) is 23.0. The quantitative estimate of drug-likeness (QED) is 0.101. The molecule has 65 heavy (non-hydrogen) atoms. The van der Waals surface area contributed by atoms with Gasteiger partial charge in [-0.2, -0.15) is 10.2 Å². The lowest BCUT2D eigenvalue weighted by molar-refractivity contribution is -0.0592. The van der Waals surface area contributed by atoms with Gasteiger partial charge in [-0.25, -0.2) is 18.3 Å². The highest BCUT2D eigenvalue weighted by molar-refractivity contribution is 6.05. The molecule has 0 bridgehead atoms. The maximum atomic E-state index is 16.0. The molecule has 3 aromatic carbocycles. The van der Waals surface area contributed by atoms with Crippen molar-refractivity contribution in [1.29, 1.82) is 0 Å². The lowest BCUT2D eigenvalue weighted by Crippen LogP contribution is -2.41. The molecule has 3 N–H and O–H groups in total. The largest absolute Gasteiger partial charge is 0.438 e. The number of aliphatic imine (C=N–C) groups is 1. The van der Waals surface area contributed by atoms with Gasteiger partial charge in [-0.05, 0) is 130 Å². The second kappa shape index (κ2) is 15.0. The van der Waals surface area contributed by atoms with Crippen LogP contribution in [0.2, 0.25) is 0 Å². The predicted molar refractivity (Wildman–Crippen MR) is 242 cm³/mol. The molecule has 4 atom stereocenters. The lowest BCUT2D eigenvalue weighted by Gasteiger charge is -2.35. The predicted octanol–water partition coefficient (Wildman–Crippen LogP) is 8.27. The number of nitrogens with one attached hydrogen (secondary N) is 3. The molecule has 15 nitrogen and oxygen atoms in total. The zero-order valence-corrected chi connectivity index (χ0v) is 37.2. The van der Waals surface area contributed by atoms with Crippen LogP contribution >= 0.6 is 0 Å². The van der Waals surface area contributed by atoms with Crippen LogP contribution in [-0.2, 0) is 23.7 Å². The number of anilines is 2. The summed E-state index contributed by atoms with van der Waals surface area (Å²) in [5.41, 5.74) is 5.04. The van der Waals surface area contributed by atoms with Gasteiger partial charge in [-0.1, -0.05) is 18.1 Å². The molecule has 7 aromatic rings. The van der Waals surface area contributed by atoms with Gasteiger partial charge in [0.15, 0.2) is 11.6 Å². The third kappa shape index (κ3) is 6.76. The summed E-state index contributed by atoms with van der Waals surface area (Å²) in [7, 11) is 3.35. The third-order valence-electron chi connectivity index (χ3n) is 14.3. The Kier molecular flexibility index (Phi) is 9.47. The molecule has 2 aliphatic carbocycles. The molecule has 4 aromatic heterocycles. The van der Waals surface area contributed by atoms with Crippen molar-refractivity contribution in [2.45, 2.75) is 95.2 Å². The summed E-state index contributed by atoms with van der Waals surface area (Å²) < 4.78 is 47.7.